The average Bonchev–Trinajstić information content (AvgIpc) is 3.22. The third kappa shape index (κ3) is 4.13. The summed E-state index contributed by atoms with van der Waals surface area (Å²) in [5, 5.41) is 4.22. The fourth-order valence-corrected chi connectivity index (χ4v) is 4.18. The largest absolute Gasteiger partial charge is 0.312 e. The molecule has 7 nitrogen and oxygen atoms in total. The van der Waals surface area contributed by atoms with Crippen LogP contribution in [0.4, 0.5) is 5.69 Å². The van der Waals surface area contributed by atoms with Crippen LogP contribution in [0.3, 0.4) is 0 Å². The quantitative estimate of drug-likeness (QED) is 0.800. The van der Waals surface area contributed by atoms with Crippen LogP contribution < -0.4 is 9.62 Å². The fourth-order valence-electron chi connectivity index (χ4n) is 3.01. The number of hydrogen-bond donors (Lipinski definition) is 1. The van der Waals surface area contributed by atoms with Gasteiger partial charge in [-0.3, -0.25) is 9.48 Å². The van der Waals surface area contributed by atoms with Crippen LogP contribution in [0.2, 0.25) is 0 Å². The van der Waals surface area contributed by atoms with E-state index < -0.39 is 10.0 Å². The van der Waals surface area contributed by atoms with Crippen molar-refractivity contribution >= 4 is 21.6 Å². The summed E-state index contributed by atoms with van der Waals surface area (Å²) in [7, 11) is -3.58. The molecule has 0 aliphatic carbocycles. The molecule has 1 N–H and O–H groups in total. The number of nitrogens with zero attached hydrogens (tertiary/aromatic N) is 3. The molecule has 0 spiro atoms. The summed E-state index contributed by atoms with van der Waals surface area (Å²) in [5.74, 6) is 0.186. The van der Waals surface area contributed by atoms with E-state index in [-0.39, 0.29) is 16.7 Å². The van der Waals surface area contributed by atoms with Crippen molar-refractivity contribution in [2.45, 2.75) is 38.1 Å². The smallest absolute Gasteiger partial charge is 0.240 e. The number of sulfonamides is 1. The highest BCUT2D eigenvalue weighted by Crippen LogP contribution is 2.23. The highest BCUT2D eigenvalue weighted by atomic mass is 32.2. The summed E-state index contributed by atoms with van der Waals surface area (Å²) in [6, 6.07) is 8.39. The molecular formula is C18H24N4O3S. The molecule has 3 rings (SSSR count). The zero-order valence-electron chi connectivity index (χ0n) is 15.1. The lowest BCUT2D eigenvalue weighted by Gasteiger charge is -2.17. The average molecular weight is 376 g/mol. The van der Waals surface area contributed by atoms with Crippen molar-refractivity contribution in [3.8, 4) is 0 Å². The molecule has 1 aromatic carbocycles. The number of amides is 1. The molecule has 8 heteroatoms. The number of aryl methyl sites for hydroxylation is 1. The van der Waals surface area contributed by atoms with Crippen LogP contribution in [0.25, 0.3) is 0 Å². The third-order valence-corrected chi connectivity index (χ3v) is 6.01. The summed E-state index contributed by atoms with van der Waals surface area (Å²) < 4.78 is 29.5. The van der Waals surface area contributed by atoms with Gasteiger partial charge in [0.25, 0.3) is 0 Å². The summed E-state index contributed by atoms with van der Waals surface area (Å²) in [6.45, 7) is 5.61. The fraction of sp³-hybridized carbons (Fsp3) is 0.444. The van der Waals surface area contributed by atoms with Crippen molar-refractivity contribution in [2.24, 2.45) is 5.92 Å². The molecule has 2 heterocycles. The monoisotopic (exact) mass is 376 g/mol. The third-order valence-electron chi connectivity index (χ3n) is 4.57. The lowest BCUT2D eigenvalue weighted by Crippen LogP contribution is -2.30. The second-order valence-electron chi connectivity index (χ2n) is 6.75. The Bertz CT molecular complexity index is 874. The minimum atomic E-state index is -3.58. The van der Waals surface area contributed by atoms with Gasteiger partial charge in [0.15, 0.2) is 0 Å². The van der Waals surface area contributed by atoms with Gasteiger partial charge < -0.3 is 4.90 Å². The van der Waals surface area contributed by atoms with Gasteiger partial charge in [-0.05, 0) is 49.6 Å². The van der Waals surface area contributed by atoms with Gasteiger partial charge in [0, 0.05) is 43.6 Å². The Morgan fingerprint density at radius 2 is 1.96 bits per heavy atom. The van der Waals surface area contributed by atoms with Crippen LogP contribution in [0.15, 0.2) is 41.4 Å². The lowest BCUT2D eigenvalue weighted by atomic mass is 10.2. The van der Waals surface area contributed by atoms with Gasteiger partial charge in [0.1, 0.15) is 0 Å². The van der Waals surface area contributed by atoms with E-state index in [2.05, 4.69) is 9.82 Å². The van der Waals surface area contributed by atoms with Crippen LogP contribution in [-0.4, -0.2) is 37.2 Å². The van der Waals surface area contributed by atoms with E-state index in [1.165, 1.54) is 0 Å². The number of carbonyl (C=O) groups excluding carboxylic acids is 1. The first-order valence-electron chi connectivity index (χ1n) is 8.75. The maximum Gasteiger partial charge on any atom is 0.240 e. The Morgan fingerprint density at radius 3 is 2.54 bits per heavy atom. The van der Waals surface area contributed by atoms with Crippen molar-refractivity contribution in [3.63, 3.8) is 0 Å². The molecule has 0 saturated carbocycles. The highest BCUT2D eigenvalue weighted by Gasteiger charge is 2.22. The van der Waals surface area contributed by atoms with E-state index in [9.17, 15) is 13.2 Å². The van der Waals surface area contributed by atoms with E-state index in [1.807, 2.05) is 24.6 Å². The Kier molecular flexibility index (Phi) is 5.43. The minimum Gasteiger partial charge on any atom is -0.312 e. The molecule has 0 unspecified atom stereocenters. The number of carbonyl (C=O) groups is 1. The molecule has 26 heavy (non-hydrogen) atoms. The van der Waals surface area contributed by atoms with Crippen molar-refractivity contribution < 1.29 is 13.2 Å². The van der Waals surface area contributed by atoms with E-state index in [0.717, 1.165) is 17.8 Å². The maximum atomic E-state index is 12.5. The van der Waals surface area contributed by atoms with E-state index in [1.54, 1.807) is 35.4 Å². The van der Waals surface area contributed by atoms with E-state index in [4.69, 9.17) is 0 Å². The molecule has 1 atom stereocenters. The second-order valence-corrected chi connectivity index (χ2v) is 8.52. The predicted molar refractivity (Wildman–Crippen MR) is 99.3 cm³/mol. The molecule has 1 fully saturated rings. The molecule has 1 aliphatic rings. The normalized spacial score (nSPS) is 16.2. The molecule has 140 valence electrons. The van der Waals surface area contributed by atoms with Gasteiger partial charge in [-0.1, -0.05) is 6.92 Å². The van der Waals surface area contributed by atoms with Crippen LogP contribution in [0.1, 0.15) is 25.5 Å². The summed E-state index contributed by atoms with van der Waals surface area (Å²) in [5.41, 5.74) is 1.79. The summed E-state index contributed by atoms with van der Waals surface area (Å²) in [6.07, 6.45) is 3.13. The van der Waals surface area contributed by atoms with Crippen LogP contribution in [0, 0.1) is 12.8 Å². The molecule has 2 aromatic rings. The molecule has 1 aliphatic heterocycles. The first-order valence-corrected chi connectivity index (χ1v) is 10.2. The van der Waals surface area contributed by atoms with Gasteiger partial charge in [-0.25, -0.2) is 13.1 Å². The number of aromatic nitrogens is 2. The number of rotatable bonds is 7. The molecule has 0 bridgehead atoms. The molecule has 1 amide bonds. The van der Waals surface area contributed by atoms with Gasteiger partial charge in [0.2, 0.25) is 15.9 Å². The van der Waals surface area contributed by atoms with Crippen molar-refractivity contribution in [3.05, 3.63) is 42.2 Å². The first kappa shape index (κ1) is 18.6. The van der Waals surface area contributed by atoms with Gasteiger partial charge in [0.05, 0.1) is 4.90 Å². The molecular weight excluding hydrogens is 352 g/mol. The molecule has 1 aromatic heterocycles. The van der Waals surface area contributed by atoms with Gasteiger partial charge >= 0.3 is 0 Å². The van der Waals surface area contributed by atoms with E-state index >= 15 is 0 Å². The SMILES string of the molecule is Cc1ccnn1C[C@@H](C)CNS(=O)(=O)c1ccc(N2CCCC2=O)cc1. The van der Waals surface area contributed by atoms with Gasteiger partial charge in [-0.2, -0.15) is 5.10 Å². The highest BCUT2D eigenvalue weighted by molar-refractivity contribution is 7.89. The van der Waals surface area contributed by atoms with Crippen LogP contribution in [-0.2, 0) is 21.4 Å². The lowest BCUT2D eigenvalue weighted by molar-refractivity contribution is -0.117. The number of anilines is 1. The predicted octanol–water partition coefficient (Wildman–Crippen LogP) is 1.93. The second kappa shape index (κ2) is 7.59. The first-order chi connectivity index (χ1) is 12.4. The topological polar surface area (TPSA) is 84.3 Å². The van der Waals surface area contributed by atoms with Gasteiger partial charge in [-0.15, -0.1) is 0 Å². The number of hydrogen-bond acceptors (Lipinski definition) is 4. The van der Waals surface area contributed by atoms with Crippen LogP contribution >= 0.6 is 0 Å². The van der Waals surface area contributed by atoms with Crippen molar-refractivity contribution in [1.82, 2.24) is 14.5 Å². The minimum absolute atomic E-state index is 0.0847. The van der Waals surface area contributed by atoms with Crippen molar-refractivity contribution in [2.75, 3.05) is 18.0 Å². The Morgan fingerprint density at radius 1 is 1.23 bits per heavy atom. The maximum absolute atomic E-state index is 12.5. The zero-order chi connectivity index (χ0) is 18.7. The molecule has 1 saturated heterocycles. The van der Waals surface area contributed by atoms with E-state index in [0.29, 0.717) is 26.1 Å². The summed E-state index contributed by atoms with van der Waals surface area (Å²) in [4.78, 5) is 13.7. The molecule has 0 radical (unpaired) electrons. The Balaban J connectivity index is 1.60. The standard InChI is InChI=1S/C18H24N4O3S/c1-14(13-22-15(2)9-10-19-22)12-20-26(24,25)17-7-5-16(6-8-17)21-11-3-4-18(21)23/h5-10,14,20H,3-4,11-13H2,1-2H3/t14-/m0/s1. The summed E-state index contributed by atoms with van der Waals surface area (Å²) >= 11 is 0. The zero-order valence-corrected chi connectivity index (χ0v) is 15.9. The Hall–Kier alpha value is -2.19. The number of nitrogens with one attached hydrogen (secondary N) is 1. The number of benzene rings is 1. The van der Waals surface area contributed by atoms with Crippen molar-refractivity contribution in [1.29, 1.82) is 0 Å². The van der Waals surface area contributed by atoms with Crippen LogP contribution in [0.5, 0.6) is 0 Å². The Labute approximate surface area is 154 Å².